The lowest BCUT2D eigenvalue weighted by Crippen LogP contribution is -2.36. The maximum absolute atomic E-state index is 12.8. The van der Waals surface area contributed by atoms with Crippen molar-refractivity contribution in [1.29, 1.82) is 0 Å². The fourth-order valence-corrected chi connectivity index (χ4v) is 3.54. The second-order valence-corrected chi connectivity index (χ2v) is 7.30. The van der Waals surface area contributed by atoms with Gasteiger partial charge in [-0.25, -0.2) is 19.9 Å². The van der Waals surface area contributed by atoms with E-state index in [2.05, 4.69) is 25.2 Å². The zero-order valence-electron chi connectivity index (χ0n) is 17.0. The highest BCUT2D eigenvalue weighted by atomic mass is 16.5. The predicted molar refractivity (Wildman–Crippen MR) is 117 cm³/mol. The largest absolute Gasteiger partial charge is 0.378 e. The van der Waals surface area contributed by atoms with Gasteiger partial charge in [-0.3, -0.25) is 4.79 Å². The van der Waals surface area contributed by atoms with Crippen LogP contribution in [0, 0.1) is 0 Å². The van der Waals surface area contributed by atoms with Crippen molar-refractivity contribution in [1.82, 2.24) is 24.5 Å². The third-order valence-corrected chi connectivity index (χ3v) is 5.24. The zero-order chi connectivity index (χ0) is 21.2. The quantitative estimate of drug-likeness (QED) is 0.547. The molecule has 1 aliphatic rings. The molecule has 5 rings (SSSR count). The molecule has 0 aliphatic carbocycles. The van der Waals surface area contributed by atoms with Crippen molar-refractivity contribution in [3.63, 3.8) is 0 Å². The van der Waals surface area contributed by atoms with E-state index in [1.807, 2.05) is 23.7 Å². The van der Waals surface area contributed by atoms with Gasteiger partial charge in [0.25, 0.3) is 5.91 Å². The SMILES string of the molecule is Cn1cncc1-c1ccc2cnc(NC(=O)c3ccnc(N4CCOCC4)c3)cc2n1. The second kappa shape index (κ2) is 8.11. The standard InChI is InChI=1S/C22H21N7O2/c1-28-14-23-13-19(28)17-3-2-16-12-25-20(11-18(16)26-17)27-22(30)15-4-5-24-21(10-15)29-6-8-31-9-7-29/h2-5,10-14H,6-9H2,1H3,(H,25,27,30). The van der Waals surface area contributed by atoms with Gasteiger partial charge in [0.2, 0.25) is 0 Å². The molecule has 31 heavy (non-hydrogen) atoms. The molecule has 1 N–H and O–H groups in total. The summed E-state index contributed by atoms with van der Waals surface area (Å²) in [6, 6.07) is 9.15. The van der Waals surface area contributed by atoms with E-state index in [4.69, 9.17) is 9.72 Å². The fourth-order valence-electron chi connectivity index (χ4n) is 3.54. The van der Waals surface area contributed by atoms with Gasteiger partial charge < -0.3 is 19.5 Å². The molecule has 1 amide bonds. The van der Waals surface area contributed by atoms with E-state index >= 15 is 0 Å². The number of morpholine rings is 1. The Hall–Kier alpha value is -3.85. The predicted octanol–water partition coefficient (Wildman–Crippen LogP) is 2.51. The van der Waals surface area contributed by atoms with Crippen LogP contribution in [0.5, 0.6) is 0 Å². The zero-order valence-corrected chi connectivity index (χ0v) is 17.0. The van der Waals surface area contributed by atoms with Gasteiger partial charge in [-0.05, 0) is 24.3 Å². The molecule has 0 saturated carbocycles. The number of pyridine rings is 3. The number of carbonyl (C=O) groups is 1. The Bertz CT molecular complexity index is 1250. The van der Waals surface area contributed by atoms with E-state index in [0.717, 1.165) is 41.2 Å². The lowest BCUT2D eigenvalue weighted by atomic mass is 10.2. The van der Waals surface area contributed by atoms with Crippen LogP contribution < -0.4 is 10.2 Å². The summed E-state index contributed by atoms with van der Waals surface area (Å²) in [6.07, 6.45) is 6.86. The Morgan fingerprint density at radius 2 is 1.97 bits per heavy atom. The Morgan fingerprint density at radius 1 is 1.10 bits per heavy atom. The summed E-state index contributed by atoms with van der Waals surface area (Å²) in [5, 5.41) is 3.76. The minimum Gasteiger partial charge on any atom is -0.378 e. The van der Waals surface area contributed by atoms with Crippen molar-refractivity contribution in [2.24, 2.45) is 7.05 Å². The molecule has 0 radical (unpaired) electrons. The molecule has 1 aliphatic heterocycles. The smallest absolute Gasteiger partial charge is 0.257 e. The van der Waals surface area contributed by atoms with Crippen molar-refractivity contribution in [2.75, 3.05) is 36.5 Å². The van der Waals surface area contributed by atoms with Crippen molar-refractivity contribution in [3.05, 3.63) is 60.8 Å². The van der Waals surface area contributed by atoms with Crippen molar-refractivity contribution in [3.8, 4) is 11.4 Å². The lowest BCUT2D eigenvalue weighted by Gasteiger charge is -2.27. The van der Waals surface area contributed by atoms with Crippen molar-refractivity contribution in [2.45, 2.75) is 0 Å². The molecule has 4 aromatic heterocycles. The number of anilines is 2. The van der Waals surface area contributed by atoms with Gasteiger partial charge in [0.1, 0.15) is 11.6 Å². The summed E-state index contributed by atoms with van der Waals surface area (Å²) < 4.78 is 7.29. The van der Waals surface area contributed by atoms with Crippen LogP contribution in [0.2, 0.25) is 0 Å². The number of imidazole rings is 1. The molecule has 156 valence electrons. The van der Waals surface area contributed by atoms with Crippen LogP contribution in [0.15, 0.2) is 55.2 Å². The van der Waals surface area contributed by atoms with E-state index in [1.165, 1.54) is 0 Å². The third-order valence-electron chi connectivity index (χ3n) is 5.24. The normalized spacial score (nSPS) is 14.0. The molecular formula is C22H21N7O2. The first-order chi connectivity index (χ1) is 15.2. The summed E-state index contributed by atoms with van der Waals surface area (Å²) in [4.78, 5) is 32.6. The summed E-state index contributed by atoms with van der Waals surface area (Å²) in [7, 11) is 1.92. The molecule has 9 heteroatoms. The Kier molecular flexibility index (Phi) is 5.01. The minimum atomic E-state index is -0.244. The van der Waals surface area contributed by atoms with Gasteiger partial charge in [-0.2, -0.15) is 0 Å². The van der Waals surface area contributed by atoms with Crippen molar-refractivity contribution >= 4 is 28.4 Å². The van der Waals surface area contributed by atoms with Crippen LogP contribution >= 0.6 is 0 Å². The molecule has 0 unspecified atom stereocenters. The first-order valence-electron chi connectivity index (χ1n) is 10.0. The number of hydrogen-bond donors (Lipinski definition) is 1. The first kappa shape index (κ1) is 19.1. The van der Waals surface area contributed by atoms with Crippen LogP contribution in [0.25, 0.3) is 22.3 Å². The lowest BCUT2D eigenvalue weighted by molar-refractivity contribution is 0.102. The number of amides is 1. The molecule has 0 aromatic carbocycles. The Balaban J connectivity index is 1.38. The number of nitrogens with one attached hydrogen (secondary N) is 1. The molecule has 1 saturated heterocycles. The van der Waals surface area contributed by atoms with E-state index in [-0.39, 0.29) is 5.91 Å². The summed E-state index contributed by atoms with van der Waals surface area (Å²) in [5.41, 5.74) is 2.99. The molecule has 5 heterocycles. The fraction of sp³-hybridized carbons (Fsp3) is 0.227. The highest BCUT2D eigenvalue weighted by Crippen LogP contribution is 2.22. The van der Waals surface area contributed by atoms with Crippen LogP contribution in [0.1, 0.15) is 10.4 Å². The number of aromatic nitrogens is 5. The highest BCUT2D eigenvalue weighted by Gasteiger charge is 2.15. The molecule has 0 spiro atoms. The molecule has 0 atom stereocenters. The van der Waals surface area contributed by atoms with E-state index in [0.29, 0.717) is 24.6 Å². The topological polar surface area (TPSA) is 98.1 Å². The minimum absolute atomic E-state index is 0.244. The molecule has 0 bridgehead atoms. The average Bonchev–Trinajstić information content (AvgIpc) is 3.25. The molecule has 1 fully saturated rings. The number of ether oxygens (including phenoxy) is 1. The Morgan fingerprint density at radius 3 is 2.77 bits per heavy atom. The first-order valence-corrected chi connectivity index (χ1v) is 10.0. The maximum Gasteiger partial charge on any atom is 0.257 e. The van der Waals surface area contributed by atoms with E-state index in [1.54, 1.807) is 43.1 Å². The highest BCUT2D eigenvalue weighted by molar-refractivity contribution is 6.04. The molecule has 4 aromatic rings. The number of nitrogens with zero attached hydrogens (tertiary/aromatic N) is 6. The Labute approximate surface area is 178 Å². The number of fused-ring (bicyclic) bond motifs is 1. The van der Waals surface area contributed by atoms with Gasteiger partial charge in [0.05, 0.1) is 42.6 Å². The number of rotatable bonds is 4. The van der Waals surface area contributed by atoms with Crippen LogP contribution in [0.3, 0.4) is 0 Å². The van der Waals surface area contributed by atoms with Crippen LogP contribution in [0.4, 0.5) is 11.6 Å². The summed E-state index contributed by atoms with van der Waals surface area (Å²) in [6.45, 7) is 2.84. The molecular weight excluding hydrogens is 394 g/mol. The maximum atomic E-state index is 12.8. The van der Waals surface area contributed by atoms with Gasteiger partial charge in [0.15, 0.2) is 0 Å². The van der Waals surface area contributed by atoms with Crippen LogP contribution in [-0.2, 0) is 11.8 Å². The van der Waals surface area contributed by atoms with Gasteiger partial charge in [0, 0.05) is 49.5 Å². The van der Waals surface area contributed by atoms with E-state index in [9.17, 15) is 4.79 Å². The number of aryl methyl sites for hydroxylation is 1. The van der Waals surface area contributed by atoms with Gasteiger partial charge in [-0.1, -0.05) is 0 Å². The molecule has 9 nitrogen and oxygen atoms in total. The van der Waals surface area contributed by atoms with Gasteiger partial charge in [-0.15, -0.1) is 0 Å². The average molecular weight is 415 g/mol. The van der Waals surface area contributed by atoms with E-state index < -0.39 is 0 Å². The summed E-state index contributed by atoms with van der Waals surface area (Å²) >= 11 is 0. The van der Waals surface area contributed by atoms with Gasteiger partial charge >= 0.3 is 0 Å². The number of hydrogen-bond acceptors (Lipinski definition) is 7. The third kappa shape index (κ3) is 3.95. The monoisotopic (exact) mass is 415 g/mol. The van der Waals surface area contributed by atoms with Crippen molar-refractivity contribution < 1.29 is 9.53 Å². The second-order valence-electron chi connectivity index (χ2n) is 7.30. The summed E-state index contributed by atoms with van der Waals surface area (Å²) in [5.74, 6) is 0.966. The number of carbonyl (C=O) groups excluding carboxylic acids is 1. The van der Waals surface area contributed by atoms with Crippen LogP contribution in [-0.4, -0.2) is 56.7 Å².